The van der Waals surface area contributed by atoms with Crippen LogP contribution >= 0.6 is 0 Å². The third-order valence-corrected chi connectivity index (χ3v) is 2.45. The van der Waals surface area contributed by atoms with E-state index in [0.29, 0.717) is 0 Å². The number of aryl methyl sites for hydroxylation is 1. The SMILES string of the molecule is CN(C)c1nn(C)c2ccc([N+](=O)[O-])cc12. The summed E-state index contributed by atoms with van der Waals surface area (Å²) in [4.78, 5) is 12.1. The molecular weight excluding hydrogens is 208 g/mol. The van der Waals surface area contributed by atoms with Crippen LogP contribution in [-0.2, 0) is 7.05 Å². The Labute approximate surface area is 92.2 Å². The van der Waals surface area contributed by atoms with Crippen LogP contribution < -0.4 is 4.90 Å². The Hall–Kier alpha value is -2.11. The molecule has 16 heavy (non-hydrogen) atoms. The molecular formula is C10H12N4O2. The molecule has 0 aliphatic rings. The maximum atomic E-state index is 10.7. The number of fused-ring (bicyclic) bond motifs is 1. The van der Waals surface area contributed by atoms with Crippen molar-refractivity contribution in [2.75, 3.05) is 19.0 Å². The summed E-state index contributed by atoms with van der Waals surface area (Å²) in [7, 11) is 5.54. The summed E-state index contributed by atoms with van der Waals surface area (Å²) in [6.07, 6.45) is 0. The van der Waals surface area contributed by atoms with Gasteiger partial charge in [-0.05, 0) is 6.07 Å². The van der Waals surface area contributed by atoms with Crippen LogP contribution in [0.15, 0.2) is 18.2 Å². The number of nitrogens with zero attached hydrogens (tertiary/aromatic N) is 4. The number of non-ortho nitro benzene ring substituents is 1. The second-order valence-corrected chi connectivity index (χ2v) is 3.80. The number of nitro benzene ring substituents is 1. The lowest BCUT2D eigenvalue weighted by atomic mass is 10.2. The number of anilines is 1. The molecule has 0 N–H and O–H groups in total. The first-order chi connectivity index (χ1) is 7.50. The van der Waals surface area contributed by atoms with Gasteiger partial charge in [0, 0.05) is 33.3 Å². The average Bonchev–Trinajstić information content (AvgIpc) is 2.56. The summed E-state index contributed by atoms with van der Waals surface area (Å²) in [5, 5.41) is 15.8. The quantitative estimate of drug-likeness (QED) is 0.569. The minimum absolute atomic E-state index is 0.0867. The lowest BCUT2D eigenvalue weighted by Gasteiger charge is -2.07. The van der Waals surface area contributed by atoms with Crippen molar-refractivity contribution in [3.8, 4) is 0 Å². The van der Waals surface area contributed by atoms with Gasteiger partial charge < -0.3 is 4.90 Å². The van der Waals surface area contributed by atoms with Crippen molar-refractivity contribution >= 4 is 22.4 Å². The van der Waals surface area contributed by atoms with Crippen molar-refractivity contribution < 1.29 is 4.92 Å². The number of rotatable bonds is 2. The maximum absolute atomic E-state index is 10.7. The van der Waals surface area contributed by atoms with Gasteiger partial charge >= 0.3 is 0 Å². The zero-order valence-electron chi connectivity index (χ0n) is 9.34. The summed E-state index contributed by atoms with van der Waals surface area (Å²) in [5.74, 6) is 0.737. The molecule has 0 spiro atoms. The second-order valence-electron chi connectivity index (χ2n) is 3.80. The largest absolute Gasteiger partial charge is 0.361 e. The van der Waals surface area contributed by atoms with Gasteiger partial charge in [-0.15, -0.1) is 0 Å². The van der Waals surface area contributed by atoms with Crippen molar-refractivity contribution in [2.24, 2.45) is 7.05 Å². The van der Waals surface area contributed by atoms with Gasteiger partial charge in [0.15, 0.2) is 5.82 Å². The highest BCUT2D eigenvalue weighted by Gasteiger charge is 2.14. The van der Waals surface area contributed by atoms with Gasteiger partial charge in [-0.2, -0.15) is 5.10 Å². The average molecular weight is 220 g/mol. The van der Waals surface area contributed by atoms with Crippen LogP contribution in [0.4, 0.5) is 11.5 Å². The standard InChI is InChI=1S/C10H12N4O2/c1-12(2)10-8-6-7(14(15)16)4-5-9(8)13(3)11-10/h4-6H,1-3H3. The minimum Gasteiger partial charge on any atom is -0.361 e. The Morgan fingerprint density at radius 2 is 2.12 bits per heavy atom. The normalized spacial score (nSPS) is 10.7. The van der Waals surface area contributed by atoms with Gasteiger partial charge in [0.25, 0.3) is 5.69 Å². The first kappa shape index (κ1) is 10.4. The molecule has 6 heteroatoms. The predicted molar refractivity (Wildman–Crippen MR) is 61.7 cm³/mol. The van der Waals surface area contributed by atoms with E-state index in [9.17, 15) is 10.1 Å². The van der Waals surface area contributed by atoms with E-state index in [-0.39, 0.29) is 5.69 Å². The molecule has 1 aromatic carbocycles. The van der Waals surface area contributed by atoms with Crippen LogP contribution in [0.1, 0.15) is 0 Å². The molecule has 0 bridgehead atoms. The van der Waals surface area contributed by atoms with E-state index in [0.717, 1.165) is 16.7 Å². The van der Waals surface area contributed by atoms with E-state index >= 15 is 0 Å². The Morgan fingerprint density at radius 3 is 2.69 bits per heavy atom. The van der Waals surface area contributed by atoms with Crippen LogP contribution in [0.3, 0.4) is 0 Å². The third-order valence-electron chi connectivity index (χ3n) is 2.45. The molecule has 2 rings (SSSR count). The van der Waals surface area contributed by atoms with E-state index in [1.54, 1.807) is 16.8 Å². The van der Waals surface area contributed by atoms with Crippen molar-refractivity contribution in [1.82, 2.24) is 9.78 Å². The van der Waals surface area contributed by atoms with Gasteiger partial charge in [0.2, 0.25) is 0 Å². The van der Waals surface area contributed by atoms with Crippen molar-refractivity contribution in [3.63, 3.8) is 0 Å². The Balaban J connectivity index is 2.74. The van der Waals surface area contributed by atoms with Crippen LogP contribution in [0.25, 0.3) is 10.9 Å². The molecule has 0 atom stereocenters. The highest BCUT2D eigenvalue weighted by atomic mass is 16.6. The van der Waals surface area contributed by atoms with Gasteiger partial charge in [0.1, 0.15) is 0 Å². The molecule has 0 amide bonds. The Bertz CT molecular complexity index is 559. The smallest absolute Gasteiger partial charge is 0.270 e. The molecule has 0 aliphatic heterocycles. The fourth-order valence-corrected chi connectivity index (χ4v) is 1.68. The molecule has 1 aromatic heterocycles. The topological polar surface area (TPSA) is 64.2 Å². The maximum Gasteiger partial charge on any atom is 0.270 e. The Kier molecular flexibility index (Phi) is 2.26. The fraction of sp³-hybridized carbons (Fsp3) is 0.300. The molecule has 2 aromatic rings. The van der Waals surface area contributed by atoms with Crippen molar-refractivity contribution in [1.29, 1.82) is 0 Å². The molecule has 6 nitrogen and oxygen atoms in total. The molecule has 0 unspecified atom stereocenters. The summed E-state index contributed by atoms with van der Waals surface area (Å²) in [5.41, 5.74) is 0.970. The zero-order chi connectivity index (χ0) is 11.9. The first-order valence-electron chi connectivity index (χ1n) is 4.79. The highest BCUT2D eigenvalue weighted by molar-refractivity contribution is 5.92. The summed E-state index contributed by atoms with van der Waals surface area (Å²) in [6, 6.07) is 4.76. The second kappa shape index (κ2) is 3.48. The van der Waals surface area contributed by atoms with E-state index in [2.05, 4.69) is 5.10 Å². The fourth-order valence-electron chi connectivity index (χ4n) is 1.68. The third kappa shape index (κ3) is 1.48. The summed E-state index contributed by atoms with van der Waals surface area (Å²) >= 11 is 0. The number of hydrogen-bond acceptors (Lipinski definition) is 4. The molecule has 0 radical (unpaired) electrons. The minimum atomic E-state index is -0.397. The lowest BCUT2D eigenvalue weighted by Crippen LogP contribution is -2.09. The van der Waals surface area contributed by atoms with E-state index in [1.165, 1.54) is 6.07 Å². The highest BCUT2D eigenvalue weighted by Crippen LogP contribution is 2.27. The van der Waals surface area contributed by atoms with Gasteiger partial charge in [-0.1, -0.05) is 0 Å². The van der Waals surface area contributed by atoms with Crippen LogP contribution in [0.5, 0.6) is 0 Å². The van der Waals surface area contributed by atoms with Gasteiger partial charge in [-0.3, -0.25) is 14.8 Å². The lowest BCUT2D eigenvalue weighted by molar-refractivity contribution is -0.384. The first-order valence-corrected chi connectivity index (χ1v) is 4.79. The van der Waals surface area contributed by atoms with Crippen LogP contribution in [0, 0.1) is 10.1 Å². The van der Waals surface area contributed by atoms with Crippen LogP contribution in [-0.4, -0.2) is 28.8 Å². The molecule has 0 saturated heterocycles. The van der Waals surface area contributed by atoms with E-state index in [4.69, 9.17) is 0 Å². The van der Waals surface area contributed by atoms with Gasteiger partial charge in [0.05, 0.1) is 15.8 Å². The number of benzene rings is 1. The Morgan fingerprint density at radius 1 is 1.44 bits per heavy atom. The van der Waals surface area contributed by atoms with Crippen molar-refractivity contribution in [3.05, 3.63) is 28.3 Å². The summed E-state index contributed by atoms with van der Waals surface area (Å²) < 4.78 is 1.72. The number of nitro groups is 1. The van der Waals surface area contributed by atoms with Crippen molar-refractivity contribution in [2.45, 2.75) is 0 Å². The molecule has 84 valence electrons. The van der Waals surface area contributed by atoms with E-state index < -0.39 is 4.92 Å². The number of hydrogen-bond donors (Lipinski definition) is 0. The number of aromatic nitrogens is 2. The molecule has 0 saturated carbocycles. The molecule has 1 heterocycles. The van der Waals surface area contributed by atoms with E-state index in [1.807, 2.05) is 26.0 Å². The van der Waals surface area contributed by atoms with Crippen LogP contribution in [0.2, 0.25) is 0 Å². The summed E-state index contributed by atoms with van der Waals surface area (Å²) in [6.45, 7) is 0. The predicted octanol–water partition coefficient (Wildman–Crippen LogP) is 1.55. The zero-order valence-corrected chi connectivity index (χ0v) is 9.34. The molecule has 0 fully saturated rings. The molecule has 0 aliphatic carbocycles. The van der Waals surface area contributed by atoms with Gasteiger partial charge in [-0.25, -0.2) is 0 Å². The monoisotopic (exact) mass is 220 g/mol.